The number of nitrogens with one attached hydrogen (secondary N) is 1. The average molecular weight is 302 g/mol. The molecule has 0 fully saturated rings. The topological polar surface area (TPSA) is 89.8 Å². The van der Waals surface area contributed by atoms with Crippen molar-refractivity contribution >= 4 is 27.4 Å². The van der Waals surface area contributed by atoms with Gasteiger partial charge in [-0.05, 0) is 31.5 Å². The number of sulfonamides is 1. The zero-order chi connectivity index (χ0) is 14.2. The highest BCUT2D eigenvalue weighted by Gasteiger charge is 2.24. The van der Waals surface area contributed by atoms with Crippen molar-refractivity contribution in [2.75, 3.05) is 4.72 Å². The number of hydrogen-bond acceptors (Lipinski definition) is 5. The van der Waals surface area contributed by atoms with Crippen molar-refractivity contribution in [2.45, 2.75) is 18.7 Å². The molecule has 0 atom stereocenters. The van der Waals surface area contributed by atoms with Crippen molar-refractivity contribution in [3.8, 4) is 0 Å². The molecule has 2 heterocycles. The maximum absolute atomic E-state index is 12.3. The minimum atomic E-state index is -3.75. The Balaban J connectivity index is 2.44. The predicted octanol–water partition coefficient (Wildman–Crippen LogP) is 1.28. The third kappa shape index (κ3) is 2.69. The van der Waals surface area contributed by atoms with Gasteiger partial charge in [0.25, 0.3) is 10.0 Å². The average Bonchev–Trinajstić information content (AvgIpc) is 2.52. The highest BCUT2D eigenvalue weighted by Crippen LogP contribution is 2.21. The highest BCUT2D eigenvalue weighted by atomic mass is 35.5. The Labute approximate surface area is 115 Å². The fraction of sp³-hybridized carbons (Fsp3) is 0.300. The van der Waals surface area contributed by atoms with Gasteiger partial charge in [-0.3, -0.25) is 9.40 Å². The smallest absolute Gasteiger partial charge is 0.266 e. The van der Waals surface area contributed by atoms with Crippen LogP contribution in [0, 0.1) is 13.8 Å². The Hall–Kier alpha value is -1.67. The molecule has 9 heteroatoms. The molecule has 19 heavy (non-hydrogen) atoms. The molecular formula is C10H12ClN5O2S. The molecule has 0 saturated heterocycles. The molecule has 0 aliphatic rings. The zero-order valence-corrected chi connectivity index (χ0v) is 12.1. The molecular weight excluding hydrogens is 290 g/mol. The van der Waals surface area contributed by atoms with E-state index in [-0.39, 0.29) is 16.0 Å². The zero-order valence-electron chi connectivity index (χ0n) is 10.5. The Kier molecular flexibility index (Phi) is 3.46. The lowest BCUT2D eigenvalue weighted by Crippen LogP contribution is -2.15. The molecule has 1 N–H and O–H groups in total. The van der Waals surface area contributed by atoms with Crippen molar-refractivity contribution in [3.63, 3.8) is 0 Å². The Morgan fingerprint density at radius 1 is 1.37 bits per heavy atom. The first-order valence-electron chi connectivity index (χ1n) is 5.33. The maximum atomic E-state index is 12.3. The van der Waals surface area contributed by atoms with Gasteiger partial charge in [0, 0.05) is 13.2 Å². The van der Waals surface area contributed by atoms with Gasteiger partial charge in [-0.25, -0.2) is 13.4 Å². The maximum Gasteiger partial charge on any atom is 0.266 e. The van der Waals surface area contributed by atoms with E-state index < -0.39 is 10.0 Å². The number of aryl methyl sites for hydroxylation is 2. The Morgan fingerprint density at radius 3 is 2.58 bits per heavy atom. The fourth-order valence-corrected chi connectivity index (χ4v) is 3.31. The number of halogens is 1. The summed E-state index contributed by atoms with van der Waals surface area (Å²) in [5.41, 5.74) is 0.970. The van der Waals surface area contributed by atoms with Crippen LogP contribution in [0.4, 0.5) is 5.82 Å². The first-order chi connectivity index (χ1) is 8.81. The molecule has 0 spiro atoms. The molecule has 2 aromatic heterocycles. The third-order valence-electron chi connectivity index (χ3n) is 2.58. The minimum Gasteiger partial charge on any atom is -0.271 e. The van der Waals surface area contributed by atoms with Gasteiger partial charge in [-0.15, -0.1) is 0 Å². The van der Waals surface area contributed by atoms with E-state index in [9.17, 15) is 8.42 Å². The first-order valence-corrected chi connectivity index (χ1v) is 7.19. The van der Waals surface area contributed by atoms with E-state index in [4.69, 9.17) is 11.6 Å². The van der Waals surface area contributed by atoms with Gasteiger partial charge in [-0.1, -0.05) is 0 Å². The lowest BCUT2D eigenvalue weighted by Gasteiger charge is -2.07. The summed E-state index contributed by atoms with van der Waals surface area (Å²) in [6.45, 7) is 3.32. The van der Waals surface area contributed by atoms with Crippen LogP contribution in [0.15, 0.2) is 17.2 Å². The summed E-state index contributed by atoms with van der Waals surface area (Å²) in [5.74, 6) is 0.114. The van der Waals surface area contributed by atoms with Crippen LogP contribution in [0.2, 0.25) is 5.28 Å². The Morgan fingerprint density at radius 2 is 2.05 bits per heavy atom. The summed E-state index contributed by atoms with van der Waals surface area (Å²) < 4.78 is 28.5. The van der Waals surface area contributed by atoms with E-state index >= 15 is 0 Å². The first kappa shape index (κ1) is 13.8. The molecule has 7 nitrogen and oxygen atoms in total. The number of aromatic nitrogens is 4. The lowest BCUT2D eigenvalue weighted by molar-refractivity contribution is 0.599. The van der Waals surface area contributed by atoms with Crippen LogP contribution in [-0.4, -0.2) is 28.2 Å². The summed E-state index contributed by atoms with van der Waals surface area (Å²) in [6.07, 6.45) is 1.37. The van der Waals surface area contributed by atoms with Crippen molar-refractivity contribution < 1.29 is 8.42 Å². The predicted molar refractivity (Wildman–Crippen MR) is 70.5 cm³/mol. The molecule has 102 valence electrons. The molecule has 0 radical (unpaired) electrons. The van der Waals surface area contributed by atoms with Gasteiger partial charge in [0.2, 0.25) is 5.28 Å². The number of nitrogens with zero attached hydrogens (tertiary/aromatic N) is 4. The van der Waals surface area contributed by atoms with Crippen molar-refractivity contribution in [2.24, 2.45) is 7.05 Å². The lowest BCUT2D eigenvalue weighted by atomic mass is 10.4. The van der Waals surface area contributed by atoms with Gasteiger partial charge < -0.3 is 0 Å². The van der Waals surface area contributed by atoms with E-state index in [0.29, 0.717) is 11.4 Å². The van der Waals surface area contributed by atoms with Gasteiger partial charge in [0.05, 0.1) is 11.4 Å². The summed E-state index contributed by atoms with van der Waals surface area (Å²) in [5, 5.41) is 4.05. The van der Waals surface area contributed by atoms with E-state index in [1.54, 1.807) is 20.9 Å². The Bertz CT molecular complexity index is 726. The molecule has 0 aliphatic carbocycles. The van der Waals surface area contributed by atoms with Crippen LogP contribution in [0.1, 0.15) is 11.4 Å². The third-order valence-corrected chi connectivity index (χ3v) is 4.36. The SMILES string of the molecule is Cc1nn(C)c(C)c1S(=O)(=O)Nc1ccnc(Cl)n1. The van der Waals surface area contributed by atoms with Crippen LogP contribution >= 0.6 is 11.6 Å². The van der Waals surface area contributed by atoms with Crippen molar-refractivity contribution in [1.82, 2.24) is 19.7 Å². The van der Waals surface area contributed by atoms with Gasteiger partial charge >= 0.3 is 0 Å². The largest absolute Gasteiger partial charge is 0.271 e. The second kappa shape index (κ2) is 4.78. The highest BCUT2D eigenvalue weighted by molar-refractivity contribution is 7.92. The van der Waals surface area contributed by atoms with Crippen molar-refractivity contribution in [1.29, 1.82) is 0 Å². The van der Waals surface area contributed by atoms with Crippen LogP contribution in [0.25, 0.3) is 0 Å². The minimum absolute atomic E-state index is 0.0279. The normalized spacial score (nSPS) is 11.6. The summed E-state index contributed by atoms with van der Waals surface area (Å²) in [6, 6.07) is 1.42. The second-order valence-electron chi connectivity index (χ2n) is 3.94. The van der Waals surface area contributed by atoms with Gasteiger partial charge in [-0.2, -0.15) is 10.1 Å². The number of hydrogen-bond donors (Lipinski definition) is 1. The van der Waals surface area contributed by atoms with E-state index in [2.05, 4.69) is 19.8 Å². The van der Waals surface area contributed by atoms with Crippen LogP contribution in [0.3, 0.4) is 0 Å². The number of rotatable bonds is 3. The van der Waals surface area contributed by atoms with E-state index in [0.717, 1.165) is 0 Å². The molecule has 2 aromatic rings. The quantitative estimate of drug-likeness (QED) is 0.863. The van der Waals surface area contributed by atoms with Gasteiger partial charge in [0.1, 0.15) is 10.7 Å². The molecule has 0 aliphatic heterocycles. The summed E-state index contributed by atoms with van der Waals surface area (Å²) in [7, 11) is -2.07. The molecule has 0 unspecified atom stereocenters. The second-order valence-corrected chi connectivity index (χ2v) is 5.90. The van der Waals surface area contributed by atoms with Crippen molar-refractivity contribution in [3.05, 3.63) is 28.9 Å². The standard InChI is InChI=1S/C10H12ClN5O2S/c1-6-9(7(2)16(3)14-6)19(17,18)15-8-4-5-12-10(11)13-8/h4-5H,1-3H3,(H,12,13,15). The van der Waals surface area contributed by atoms with E-state index in [1.807, 2.05) is 0 Å². The molecule has 0 saturated carbocycles. The molecule has 0 aromatic carbocycles. The monoisotopic (exact) mass is 301 g/mol. The molecule has 2 rings (SSSR count). The van der Waals surface area contributed by atoms with Gasteiger partial charge in [0.15, 0.2) is 0 Å². The molecule has 0 amide bonds. The molecule has 0 bridgehead atoms. The van der Waals surface area contributed by atoms with Crippen LogP contribution < -0.4 is 4.72 Å². The summed E-state index contributed by atoms with van der Waals surface area (Å²) in [4.78, 5) is 7.61. The fourth-order valence-electron chi connectivity index (χ4n) is 1.72. The van der Waals surface area contributed by atoms with Crippen LogP contribution in [0.5, 0.6) is 0 Å². The number of anilines is 1. The summed E-state index contributed by atoms with van der Waals surface area (Å²) >= 11 is 5.61. The van der Waals surface area contributed by atoms with Crippen LogP contribution in [-0.2, 0) is 17.1 Å². The van der Waals surface area contributed by atoms with E-state index in [1.165, 1.54) is 16.9 Å².